The highest BCUT2D eigenvalue weighted by molar-refractivity contribution is 7.65. The summed E-state index contributed by atoms with van der Waals surface area (Å²) in [6.45, 7) is 1.98. The fourth-order valence-electron chi connectivity index (χ4n) is 0.376. The van der Waals surface area contributed by atoms with Gasteiger partial charge in [-0.05, 0) is 0 Å². The zero-order valence-electron chi connectivity index (χ0n) is 4.89. The van der Waals surface area contributed by atoms with Crippen molar-refractivity contribution in [2.45, 2.75) is 13.3 Å². The van der Waals surface area contributed by atoms with Gasteiger partial charge in [0.15, 0.2) is 0 Å². The molecule has 0 aromatic rings. The van der Waals surface area contributed by atoms with Gasteiger partial charge in [-0.25, -0.2) is 0 Å². The molecule has 1 nitrogen and oxygen atoms in total. The van der Waals surface area contributed by atoms with Crippen LogP contribution in [0.3, 0.4) is 0 Å². The first kappa shape index (κ1) is 7.58. The Balaban J connectivity index is 3.20. The monoisotopic (exact) mass is 129 g/mol. The molecule has 0 amide bonds. The third kappa shape index (κ3) is 3.76. The van der Waals surface area contributed by atoms with Crippen LogP contribution in [-0.2, 0) is 15.9 Å². The lowest BCUT2D eigenvalue weighted by atomic mass is 10.1. The van der Waals surface area contributed by atoms with Crippen molar-refractivity contribution in [1.29, 1.82) is 0 Å². The van der Waals surface area contributed by atoms with Crippen LogP contribution in [0.5, 0.6) is 0 Å². The van der Waals surface area contributed by atoms with E-state index in [1.54, 1.807) is 0 Å². The Kier molecular flexibility index (Phi) is 4.48. The predicted octanol–water partition coefficient (Wildman–Crippen LogP) is 1.07. The number of terminal acetylenes is 1. The predicted molar refractivity (Wildman–Crippen MR) is 35.5 cm³/mol. The Hall–Kier alpha value is -0.420. The number of hydrogen-bond acceptors (Lipinski definition) is 1. The molecule has 44 valence electrons. The Morgan fingerprint density at radius 1 is 1.88 bits per heavy atom. The molecule has 0 fully saturated rings. The lowest BCUT2D eigenvalue weighted by Gasteiger charge is -1.90. The summed E-state index contributed by atoms with van der Waals surface area (Å²) in [5.41, 5.74) is 0. The molecule has 0 saturated carbocycles. The quantitative estimate of drug-likeness (QED) is 0.411. The molecular formula is C6H9OS+. The van der Waals surface area contributed by atoms with Gasteiger partial charge in [0.2, 0.25) is 5.75 Å². The van der Waals surface area contributed by atoms with Crippen LogP contribution in [0.4, 0.5) is 0 Å². The normalized spacial score (nSPS) is 12.0. The van der Waals surface area contributed by atoms with Crippen LogP contribution in [-0.4, -0.2) is 5.75 Å². The first-order valence-electron chi connectivity index (χ1n) is 2.49. The van der Waals surface area contributed by atoms with Crippen LogP contribution in [0.1, 0.15) is 13.3 Å². The van der Waals surface area contributed by atoms with Crippen molar-refractivity contribution in [3.63, 3.8) is 0 Å². The summed E-state index contributed by atoms with van der Waals surface area (Å²) in [6.07, 6.45) is 5.72. The van der Waals surface area contributed by atoms with E-state index in [0.29, 0.717) is 23.3 Å². The highest BCUT2D eigenvalue weighted by atomic mass is 32.1. The summed E-state index contributed by atoms with van der Waals surface area (Å²) in [5, 5.41) is 0. The van der Waals surface area contributed by atoms with E-state index in [9.17, 15) is 4.21 Å². The summed E-state index contributed by atoms with van der Waals surface area (Å²) in [4.78, 5) is 0. The lowest BCUT2D eigenvalue weighted by molar-refractivity contribution is 0.594. The highest BCUT2D eigenvalue weighted by Gasteiger charge is 2.06. The minimum atomic E-state index is 0.377. The standard InChI is InChI=1S/C6H9OS/c1-3-4-6(2)5-8-7/h1,6H,4-5H2,2H3/q+1. The molecule has 0 heterocycles. The Morgan fingerprint density at radius 2 is 2.50 bits per heavy atom. The summed E-state index contributed by atoms with van der Waals surface area (Å²) in [5.74, 6) is 3.51. The maximum absolute atomic E-state index is 9.86. The molecule has 0 bridgehead atoms. The van der Waals surface area contributed by atoms with Crippen molar-refractivity contribution < 1.29 is 4.21 Å². The Labute approximate surface area is 54.0 Å². The van der Waals surface area contributed by atoms with E-state index in [1.807, 2.05) is 6.92 Å². The summed E-state index contributed by atoms with van der Waals surface area (Å²) in [7, 11) is 0. The molecular weight excluding hydrogens is 120 g/mol. The van der Waals surface area contributed by atoms with Gasteiger partial charge in [0.05, 0.1) is 0 Å². The van der Waals surface area contributed by atoms with Gasteiger partial charge >= 0.3 is 11.7 Å². The fraction of sp³-hybridized carbons (Fsp3) is 0.667. The molecule has 0 aliphatic heterocycles. The van der Waals surface area contributed by atoms with Crippen LogP contribution in [0.2, 0.25) is 0 Å². The van der Waals surface area contributed by atoms with Crippen LogP contribution in [0, 0.1) is 18.3 Å². The Morgan fingerprint density at radius 3 is 2.88 bits per heavy atom. The molecule has 1 atom stereocenters. The van der Waals surface area contributed by atoms with Crippen molar-refractivity contribution in [3.05, 3.63) is 0 Å². The zero-order valence-corrected chi connectivity index (χ0v) is 5.70. The molecule has 0 aromatic heterocycles. The third-order valence-electron chi connectivity index (χ3n) is 0.819. The van der Waals surface area contributed by atoms with Crippen molar-refractivity contribution in [3.8, 4) is 12.3 Å². The third-order valence-corrected chi connectivity index (χ3v) is 1.52. The van der Waals surface area contributed by atoms with E-state index in [1.165, 1.54) is 0 Å². The summed E-state index contributed by atoms with van der Waals surface area (Å²) < 4.78 is 9.86. The second-order valence-corrected chi connectivity index (χ2v) is 2.37. The van der Waals surface area contributed by atoms with E-state index in [2.05, 4.69) is 5.92 Å². The van der Waals surface area contributed by atoms with E-state index in [4.69, 9.17) is 6.42 Å². The van der Waals surface area contributed by atoms with Gasteiger partial charge < -0.3 is 0 Å². The van der Waals surface area contributed by atoms with Gasteiger partial charge in [-0.3, -0.25) is 0 Å². The van der Waals surface area contributed by atoms with E-state index < -0.39 is 0 Å². The Bertz CT molecular complexity index is 104. The van der Waals surface area contributed by atoms with Gasteiger partial charge in [0, 0.05) is 16.5 Å². The zero-order chi connectivity index (χ0) is 6.41. The molecule has 0 radical (unpaired) electrons. The van der Waals surface area contributed by atoms with E-state index >= 15 is 0 Å². The van der Waals surface area contributed by atoms with Gasteiger partial charge in [-0.15, -0.1) is 12.3 Å². The molecule has 2 heteroatoms. The van der Waals surface area contributed by atoms with Crippen LogP contribution in [0.15, 0.2) is 0 Å². The molecule has 8 heavy (non-hydrogen) atoms. The average Bonchev–Trinajstić information content (AvgIpc) is 1.68. The molecule has 0 aliphatic carbocycles. The maximum Gasteiger partial charge on any atom is 0.458 e. The second-order valence-electron chi connectivity index (χ2n) is 1.80. The number of rotatable bonds is 3. The first-order chi connectivity index (χ1) is 3.81. The maximum atomic E-state index is 9.86. The van der Waals surface area contributed by atoms with Crippen molar-refractivity contribution in [1.82, 2.24) is 0 Å². The van der Waals surface area contributed by atoms with Gasteiger partial charge in [0.1, 0.15) is 0 Å². The van der Waals surface area contributed by atoms with E-state index in [0.717, 1.165) is 6.42 Å². The number of hydrogen-bond donors (Lipinski definition) is 0. The SMILES string of the molecule is C#CCC(C)C[S+]=O. The molecule has 0 saturated heterocycles. The molecule has 0 spiro atoms. The fourth-order valence-corrected chi connectivity index (χ4v) is 0.726. The second kappa shape index (κ2) is 4.73. The summed E-state index contributed by atoms with van der Waals surface area (Å²) >= 11 is 0.604. The smallest absolute Gasteiger partial charge is 0.120 e. The largest absolute Gasteiger partial charge is 0.458 e. The van der Waals surface area contributed by atoms with Crippen LogP contribution >= 0.6 is 0 Å². The van der Waals surface area contributed by atoms with Crippen molar-refractivity contribution in [2.24, 2.45) is 5.92 Å². The minimum absolute atomic E-state index is 0.377. The summed E-state index contributed by atoms with van der Waals surface area (Å²) in [6, 6.07) is 0. The van der Waals surface area contributed by atoms with E-state index in [-0.39, 0.29) is 0 Å². The molecule has 0 N–H and O–H groups in total. The van der Waals surface area contributed by atoms with Gasteiger partial charge in [-0.2, -0.15) is 0 Å². The van der Waals surface area contributed by atoms with Gasteiger partial charge in [-0.1, -0.05) is 6.92 Å². The highest BCUT2D eigenvalue weighted by Crippen LogP contribution is 1.97. The van der Waals surface area contributed by atoms with Crippen molar-refractivity contribution >= 4 is 11.7 Å². The molecule has 1 unspecified atom stereocenters. The van der Waals surface area contributed by atoms with Crippen LogP contribution < -0.4 is 0 Å². The molecule has 0 aromatic carbocycles. The van der Waals surface area contributed by atoms with Gasteiger partial charge in [0.25, 0.3) is 0 Å². The molecule has 0 rings (SSSR count). The first-order valence-corrected chi connectivity index (χ1v) is 3.40. The van der Waals surface area contributed by atoms with Crippen molar-refractivity contribution in [2.75, 3.05) is 5.75 Å². The lowest BCUT2D eigenvalue weighted by Crippen LogP contribution is -1.97. The molecule has 0 aliphatic rings. The topological polar surface area (TPSA) is 17.1 Å². The van der Waals surface area contributed by atoms with Crippen LogP contribution in [0.25, 0.3) is 0 Å². The minimum Gasteiger partial charge on any atom is -0.120 e. The average molecular weight is 129 g/mol.